The Hall–Kier alpha value is -2.08. The van der Waals surface area contributed by atoms with E-state index in [1.54, 1.807) is 0 Å². The predicted molar refractivity (Wildman–Crippen MR) is 140 cm³/mol. The second kappa shape index (κ2) is 11.9. The highest BCUT2D eigenvalue weighted by Crippen LogP contribution is 2.40. The maximum absolute atomic E-state index is 6.53. The number of benzene rings is 1. The first-order chi connectivity index (χ1) is 15.6. The van der Waals surface area contributed by atoms with Gasteiger partial charge in [0, 0.05) is 11.6 Å². The molecule has 0 fully saturated rings. The SMILES string of the molecule is CCCCCOc1nc(CC)c(-c2ccc(O[Si](C)(C)C(C)(C)C)cc2OCC)nc1CC. The Morgan fingerprint density at radius 3 is 2.15 bits per heavy atom. The third-order valence-corrected chi connectivity index (χ3v) is 10.7. The van der Waals surface area contributed by atoms with Crippen LogP contribution in [0, 0.1) is 0 Å². The van der Waals surface area contributed by atoms with Crippen LogP contribution in [0.25, 0.3) is 11.3 Å². The molecule has 0 unspecified atom stereocenters. The predicted octanol–water partition coefficient (Wildman–Crippen LogP) is 7.62. The molecule has 0 aliphatic heterocycles. The van der Waals surface area contributed by atoms with Crippen LogP contribution in [-0.2, 0) is 12.8 Å². The van der Waals surface area contributed by atoms with Gasteiger partial charge in [0.2, 0.25) is 14.2 Å². The fourth-order valence-corrected chi connectivity index (χ4v) is 4.32. The molecule has 0 aliphatic rings. The molecular weight excluding hydrogens is 428 g/mol. The largest absolute Gasteiger partial charge is 0.543 e. The van der Waals surface area contributed by atoms with Gasteiger partial charge in [0.1, 0.15) is 17.2 Å². The topological polar surface area (TPSA) is 53.5 Å². The van der Waals surface area contributed by atoms with E-state index in [4.69, 9.17) is 23.9 Å². The third-order valence-electron chi connectivity index (χ3n) is 6.35. The van der Waals surface area contributed by atoms with Crippen molar-refractivity contribution in [3.05, 3.63) is 29.6 Å². The molecule has 0 amide bonds. The summed E-state index contributed by atoms with van der Waals surface area (Å²) in [5.41, 5.74) is 3.65. The van der Waals surface area contributed by atoms with E-state index in [0.29, 0.717) is 19.1 Å². The van der Waals surface area contributed by atoms with Crippen molar-refractivity contribution < 1.29 is 13.9 Å². The second-order valence-electron chi connectivity index (χ2n) is 9.99. The molecule has 0 saturated carbocycles. The van der Waals surface area contributed by atoms with Gasteiger partial charge < -0.3 is 13.9 Å². The number of unbranched alkanes of at least 4 members (excludes halogenated alkanes) is 2. The van der Waals surface area contributed by atoms with Crippen LogP contribution in [0.5, 0.6) is 17.4 Å². The molecule has 1 aromatic carbocycles. The first-order valence-electron chi connectivity index (χ1n) is 12.6. The lowest BCUT2D eigenvalue weighted by molar-refractivity contribution is 0.289. The Bertz CT molecular complexity index is 907. The van der Waals surface area contributed by atoms with Gasteiger partial charge in [-0.15, -0.1) is 0 Å². The third kappa shape index (κ3) is 6.95. The smallest absolute Gasteiger partial charge is 0.250 e. The molecule has 2 rings (SSSR count). The molecule has 0 atom stereocenters. The van der Waals surface area contributed by atoms with Crippen LogP contribution in [0.2, 0.25) is 18.1 Å². The monoisotopic (exact) mass is 472 g/mol. The summed E-state index contributed by atoms with van der Waals surface area (Å²) in [4.78, 5) is 9.90. The molecule has 0 saturated heterocycles. The second-order valence-corrected chi connectivity index (χ2v) is 14.7. The summed E-state index contributed by atoms with van der Waals surface area (Å²) in [6.07, 6.45) is 4.91. The summed E-state index contributed by atoms with van der Waals surface area (Å²) in [5, 5.41) is 0.126. The molecule has 1 aromatic heterocycles. The summed E-state index contributed by atoms with van der Waals surface area (Å²) in [6, 6.07) is 6.12. The number of nitrogens with zero attached hydrogens (tertiary/aromatic N) is 2. The Morgan fingerprint density at radius 2 is 1.58 bits per heavy atom. The Morgan fingerprint density at radius 1 is 0.879 bits per heavy atom. The minimum atomic E-state index is -1.95. The maximum atomic E-state index is 6.53. The molecule has 0 N–H and O–H groups in total. The Labute approximate surface area is 202 Å². The van der Waals surface area contributed by atoms with Crippen LogP contribution in [0.1, 0.15) is 79.1 Å². The van der Waals surface area contributed by atoms with Crippen LogP contribution < -0.4 is 13.9 Å². The minimum Gasteiger partial charge on any atom is -0.543 e. The molecule has 2 aromatic rings. The fraction of sp³-hybridized carbons (Fsp3) is 0.630. The van der Waals surface area contributed by atoms with E-state index >= 15 is 0 Å². The summed E-state index contributed by atoms with van der Waals surface area (Å²) >= 11 is 0. The quantitative estimate of drug-likeness (QED) is 0.235. The lowest BCUT2D eigenvalue weighted by Crippen LogP contribution is -2.43. The standard InChI is InChI=1S/C27H44N2O3Si/c1-10-14-15-18-31-26-23(12-3)28-25(22(11-2)29-26)21-17-16-20(19-24(21)30-13-4)32-33(8,9)27(5,6)7/h16-17,19H,10-15,18H2,1-9H3. The number of ether oxygens (including phenoxy) is 2. The Balaban J connectivity index is 2.47. The van der Waals surface area contributed by atoms with Crippen molar-refractivity contribution >= 4 is 8.32 Å². The van der Waals surface area contributed by atoms with Crippen LogP contribution in [0.4, 0.5) is 0 Å². The van der Waals surface area contributed by atoms with Crippen LogP contribution >= 0.6 is 0 Å². The van der Waals surface area contributed by atoms with E-state index in [9.17, 15) is 0 Å². The van der Waals surface area contributed by atoms with E-state index in [-0.39, 0.29) is 5.04 Å². The van der Waals surface area contributed by atoms with Crippen molar-refractivity contribution in [2.24, 2.45) is 0 Å². The van der Waals surface area contributed by atoms with Gasteiger partial charge in [-0.3, -0.25) is 0 Å². The number of hydrogen-bond donors (Lipinski definition) is 0. The van der Waals surface area contributed by atoms with Crippen molar-refractivity contribution in [3.8, 4) is 28.6 Å². The fourth-order valence-electron chi connectivity index (χ4n) is 3.30. The number of hydrogen-bond acceptors (Lipinski definition) is 5. The van der Waals surface area contributed by atoms with Gasteiger partial charge in [-0.1, -0.05) is 54.4 Å². The molecule has 5 nitrogen and oxygen atoms in total. The van der Waals surface area contributed by atoms with Gasteiger partial charge in [0.25, 0.3) is 0 Å². The lowest BCUT2D eigenvalue weighted by atomic mass is 10.1. The molecule has 0 bridgehead atoms. The van der Waals surface area contributed by atoms with Crippen LogP contribution in [0.15, 0.2) is 18.2 Å². The van der Waals surface area contributed by atoms with Gasteiger partial charge in [-0.05, 0) is 56.5 Å². The average molecular weight is 473 g/mol. The van der Waals surface area contributed by atoms with Gasteiger partial charge >= 0.3 is 0 Å². The first-order valence-corrected chi connectivity index (χ1v) is 15.5. The zero-order valence-electron chi connectivity index (χ0n) is 22.3. The number of aromatic nitrogens is 2. The lowest BCUT2D eigenvalue weighted by Gasteiger charge is -2.36. The molecule has 33 heavy (non-hydrogen) atoms. The number of rotatable bonds is 12. The van der Waals surface area contributed by atoms with Gasteiger partial charge in [0.05, 0.1) is 24.6 Å². The maximum Gasteiger partial charge on any atom is 0.250 e. The summed E-state index contributed by atoms with van der Waals surface area (Å²) < 4.78 is 18.6. The molecular formula is C27H44N2O3Si. The van der Waals surface area contributed by atoms with E-state index in [1.165, 1.54) is 6.42 Å². The van der Waals surface area contributed by atoms with Gasteiger partial charge in [-0.25, -0.2) is 9.97 Å². The average Bonchev–Trinajstić information content (AvgIpc) is 2.76. The van der Waals surface area contributed by atoms with Crippen molar-refractivity contribution in [1.29, 1.82) is 0 Å². The molecule has 0 spiro atoms. The van der Waals surface area contributed by atoms with Crippen molar-refractivity contribution in [2.45, 2.75) is 98.7 Å². The summed E-state index contributed by atoms with van der Waals surface area (Å²) in [5.74, 6) is 2.31. The minimum absolute atomic E-state index is 0.126. The molecule has 6 heteroatoms. The van der Waals surface area contributed by atoms with Crippen LogP contribution in [0.3, 0.4) is 0 Å². The molecule has 0 radical (unpaired) electrons. The molecule has 184 valence electrons. The van der Waals surface area contributed by atoms with E-state index in [0.717, 1.165) is 59.8 Å². The summed E-state index contributed by atoms with van der Waals surface area (Å²) in [6.45, 7) is 20.9. The van der Waals surface area contributed by atoms with E-state index in [1.807, 2.05) is 19.1 Å². The number of aryl methyl sites for hydroxylation is 2. The van der Waals surface area contributed by atoms with E-state index in [2.05, 4.69) is 60.7 Å². The highest BCUT2D eigenvalue weighted by Gasteiger charge is 2.39. The van der Waals surface area contributed by atoms with Gasteiger partial charge in [0.15, 0.2) is 0 Å². The highest BCUT2D eigenvalue weighted by molar-refractivity contribution is 6.74. The Kier molecular flexibility index (Phi) is 9.77. The zero-order valence-corrected chi connectivity index (χ0v) is 23.3. The van der Waals surface area contributed by atoms with E-state index < -0.39 is 8.32 Å². The first kappa shape index (κ1) is 27.2. The van der Waals surface area contributed by atoms with Gasteiger partial charge in [-0.2, -0.15) is 0 Å². The zero-order chi connectivity index (χ0) is 24.6. The van der Waals surface area contributed by atoms with Crippen molar-refractivity contribution in [1.82, 2.24) is 9.97 Å². The van der Waals surface area contributed by atoms with Crippen molar-refractivity contribution in [3.63, 3.8) is 0 Å². The van der Waals surface area contributed by atoms with Crippen LogP contribution in [-0.4, -0.2) is 31.5 Å². The summed E-state index contributed by atoms with van der Waals surface area (Å²) in [7, 11) is -1.95. The van der Waals surface area contributed by atoms with Crippen molar-refractivity contribution in [2.75, 3.05) is 13.2 Å². The normalized spacial score (nSPS) is 12.0. The highest BCUT2D eigenvalue weighted by atomic mass is 28.4. The molecule has 1 heterocycles. The molecule has 0 aliphatic carbocycles.